The fourth-order valence-electron chi connectivity index (χ4n) is 1.54. The monoisotopic (exact) mass is 260 g/mol. The van der Waals surface area contributed by atoms with Gasteiger partial charge in [-0.2, -0.15) is 0 Å². The first-order valence-corrected chi connectivity index (χ1v) is 7.10. The normalized spacial score (nSPS) is 12.0. The summed E-state index contributed by atoms with van der Waals surface area (Å²) in [5, 5.41) is 8.97. The van der Waals surface area contributed by atoms with Gasteiger partial charge < -0.3 is 9.67 Å². The number of rotatable bonds is 5. The lowest BCUT2D eigenvalue weighted by Crippen LogP contribution is -2.17. The molecule has 1 heterocycles. The molecule has 0 unspecified atom stereocenters. The Morgan fingerprint density at radius 2 is 2.12 bits per heavy atom. The van der Waals surface area contributed by atoms with Crippen LogP contribution in [0, 0.1) is 0 Å². The Balaban J connectivity index is 3.22. The largest absolute Gasteiger partial charge is 0.477 e. The molecule has 0 atom stereocenters. The molecule has 0 aliphatic carbocycles. The molecule has 0 spiro atoms. The Morgan fingerprint density at radius 3 is 2.53 bits per heavy atom. The van der Waals surface area contributed by atoms with E-state index in [1.165, 1.54) is 10.8 Å². The maximum atomic E-state index is 11.5. The van der Waals surface area contributed by atoms with Gasteiger partial charge in [-0.1, -0.05) is 6.92 Å². The fourth-order valence-corrected chi connectivity index (χ4v) is 2.35. The van der Waals surface area contributed by atoms with Crippen molar-refractivity contribution in [1.82, 2.24) is 9.55 Å². The van der Waals surface area contributed by atoms with E-state index in [0.717, 1.165) is 0 Å². The standard InChI is InChI=1S/C10H16N2O4S/c1-4-17(15,16)6-9-11-5-8(10(13)14)12(9)7(2)3/h5,7H,4,6H2,1-3H3,(H,13,14). The van der Waals surface area contributed by atoms with Crippen LogP contribution >= 0.6 is 0 Å². The van der Waals surface area contributed by atoms with Gasteiger partial charge in [-0.05, 0) is 13.8 Å². The van der Waals surface area contributed by atoms with Gasteiger partial charge in [0.1, 0.15) is 17.3 Å². The van der Waals surface area contributed by atoms with Crippen molar-refractivity contribution in [2.75, 3.05) is 5.75 Å². The van der Waals surface area contributed by atoms with Crippen LogP contribution in [0.5, 0.6) is 0 Å². The van der Waals surface area contributed by atoms with Gasteiger partial charge in [-0.3, -0.25) is 0 Å². The molecular formula is C10H16N2O4S. The van der Waals surface area contributed by atoms with Crippen molar-refractivity contribution in [1.29, 1.82) is 0 Å². The summed E-state index contributed by atoms with van der Waals surface area (Å²) < 4.78 is 24.5. The summed E-state index contributed by atoms with van der Waals surface area (Å²) in [6, 6.07) is -0.148. The minimum absolute atomic E-state index is 0.0142. The van der Waals surface area contributed by atoms with Crippen molar-refractivity contribution < 1.29 is 18.3 Å². The van der Waals surface area contributed by atoms with E-state index in [9.17, 15) is 13.2 Å². The molecule has 1 rings (SSSR count). The number of hydrogen-bond donors (Lipinski definition) is 1. The van der Waals surface area contributed by atoms with Gasteiger partial charge in [0.15, 0.2) is 9.84 Å². The van der Waals surface area contributed by atoms with Gasteiger partial charge in [-0.15, -0.1) is 0 Å². The zero-order valence-corrected chi connectivity index (χ0v) is 10.9. The lowest BCUT2D eigenvalue weighted by Gasteiger charge is -2.13. The highest BCUT2D eigenvalue weighted by Gasteiger charge is 2.21. The third-order valence-corrected chi connectivity index (χ3v) is 3.98. The smallest absolute Gasteiger partial charge is 0.354 e. The number of imidazole rings is 1. The number of carboxylic acid groups (broad SMARTS) is 1. The van der Waals surface area contributed by atoms with E-state index in [1.54, 1.807) is 20.8 Å². The van der Waals surface area contributed by atoms with E-state index in [2.05, 4.69) is 4.98 Å². The average Bonchev–Trinajstić information content (AvgIpc) is 2.60. The highest BCUT2D eigenvalue weighted by Crippen LogP contribution is 2.16. The van der Waals surface area contributed by atoms with Gasteiger partial charge in [0.05, 0.1) is 6.20 Å². The summed E-state index contributed by atoms with van der Waals surface area (Å²) in [5.74, 6) is -1.04. The van der Waals surface area contributed by atoms with Crippen LogP contribution in [0.15, 0.2) is 6.20 Å². The van der Waals surface area contributed by atoms with Crippen molar-refractivity contribution in [2.24, 2.45) is 0 Å². The molecule has 1 aromatic heterocycles. The summed E-state index contributed by atoms with van der Waals surface area (Å²) in [6.07, 6.45) is 1.20. The van der Waals surface area contributed by atoms with Crippen LogP contribution in [0.1, 0.15) is 43.1 Å². The summed E-state index contributed by atoms with van der Waals surface area (Å²) in [5.41, 5.74) is 0.0151. The first-order valence-electron chi connectivity index (χ1n) is 5.28. The van der Waals surface area contributed by atoms with Crippen molar-refractivity contribution in [3.8, 4) is 0 Å². The molecule has 0 radical (unpaired) electrons. The Morgan fingerprint density at radius 1 is 1.53 bits per heavy atom. The molecule has 0 saturated heterocycles. The van der Waals surface area contributed by atoms with Crippen molar-refractivity contribution >= 4 is 15.8 Å². The molecule has 0 bridgehead atoms. The second-order valence-electron chi connectivity index (χ2n) is 4.01. The van der Waals surface area contributed by atoms with E-state index in [1.807, 2.05) is 0 Å². The third-order valence-electron chi connectivity index (χ3n) is 2.40. The lowest BCUT2D eigenvalue weighted by molar-refractivity contribution is 0.0683. The molecule has 1 N–H and O–H groups in total. The number of carbonyl (C=O) groups is 1. The minimum Gasteiger partial charge on any atom is -0.477 e. The predicted molar refractivity (Wildman–Crippen MR) is 62.7 cm³/mol. The van der Waals surface area contributed by atoms with Crippen LogP contribution < -0.4 is 0 Å². The molecule has 1 aromatic rings. The minimum atomic E-state index is -3.22. The number of carboxylic acids is 1. The van der Waals surface area contributed by atoms with Crippen molar-refractivity contribution in [3.05, 3.63) is 17.7 Å². The summed E-state index contributed by atoms with van der Waals surface area (Å²) >= 11 is 0. The van der Waals surface area contributed by atoms with E-state index < -0.39 is 15.8 Å². The number of sulfone groups is 1. The van der Waals surface area contributed by atoms with Crippen molar-refractivity contribution in [3.63, 3.8) is 0 Å². The lowest BCUT2D eigenvalue weighted by atomic mass is 10.3. The van der Waals surface area contributed by atoms with Crippen LogP contribution in [-0.2, 0) is 15.6 Å². The molecule has 0 aliphatic rings. The second kappa shape index (κ2) is 4.87. The summed E-state index contributed by atoms with van der Waals surface area (Å²) in [4.78, 5) is 14.9. The van der Waals surface area contributed by atoms with E-state index in [-0.39, 0.29) is 29.1 Å². The Hall–Kier alpha value is -1.37. The molecular weight excluding hydrogens is 244 g/mol. The molecule has 17 heavy (non-hydrogen) atoms. The first-order chi connectivity index (χ1) is 7.78. The second-order valence-corrected chi connectivity index (χ2v) is 6.36. The SMILES string of the molecule is CCS(=O)(=O)Cc1ncc(C(=O)O)n1C(C)C. The molecule has 0 aromatic carbocycles. The Labute approximate surface area is 100 Å². The van der Waals surface area contributed by atoms with Crippen LogP contribution in [0.4, 0.5) is 0 Å². The maximum Gasteiger partial charge on any atom is 0.354 e. The predicted octanol–water partition coefficient (Wildman–Crippen LogP) is 1.10. The van der Waals surface area contributed by atoms with Gasteiger partial charge in [0.2, 0.25) is 0 Å². The number of aromatic nitrogens is 2. The molecule has 0 fully saturated rings. The van der Waals surface area contributed by atoms with Gasteiger partial charge >= 0.3 is 5.97 Å². The zero-order chi connectivity index (χ0) is 13.2. The fraction of sp³-hybridized carbons (Fsp3) is 0.600. The highest BCUT2D eigenvalue weighted by atomic mass is 32.2. The number of nitrogens with zero attached hydrogens (tertiary/aromatic N) is 2. The first kappa shape index (κ1) is 13.7. The van der Waals surface area contributed by atoms with Gasteiger partial charge in [0.25, 0.3) is 0 Å². The molecule has 96 valence electrons. The summed E-state index contributed by atoms with van der Waals surface area (Å²) in [6.45, 7) is 5.13. The average molecular weight is 260 g/mol. The maximum absolute atomic E-state index is 11.5. The van der Waals surface area contributed by atoms with E-state index in [0.29, 0.717) is 0 Å². The Bertz CT molecular complexity index is 516. The Kier molecular flexibility index (Phi) is 3.92. The molecule has 0 aliphatic heterocycles. The number of hydrogen-bond acceptors (Lipinski definition) is 4. The number of aromatic carboxylic acids is 1. The van der Waals surface area contributed by atoms with E-state index in [4.69, 9.17) is 5.11 Å². The van der Waals surface area contributed by atoms with E-state index >= 15 is 0 Å². The topological polar surface area (TPSA) is 89.3 Å². The molecule has 7 heteroatoms. The highest BCUT2D eigenvalue weighted by molar-refractivity contribution is 7.90. The molecule has 0 saturated carbocycles. The van der Waals surface area contributed by atoms with Crippen molar-refractivity contribution in [2.45, 2.75) is 32.6 Å². The zero-order valence-electron chi connectivity index (χ0n) is 10.0. The molecule has 6 nitrogen and oxygen atoms in total. The quantitative estimate of drug-likeness (QED) is 0.856. The molecule has 0 amide bonds. The van der Waals surface area contributed by atoms with Crippen LogP contribution in [0.25, 0.3) is 0 Å². The van der Waals surface area contributed by atoms with Gasteiger partial charge in [-0.25, -0.2) is 18.2 Å². The van der Waals surface area contributed by atoms with Crippen LogP contribution in [0.2, 0.25) is 0 Å². The third kappa shape index (κ3) is 3.06. The summed E-state index contributed by atoms with van der Waals surface area (Å²) in [7, 11) is -3.22. The van der Waals surface area contributed by atoms with Crippen LogP contribution in [0.3, 0.4) is 0 Å². The van der Waals surface area contributed by atoms with Gasteiger partial charge in [0, 0.05) is 11.8 Å². The van der Waals surface area contributed by atoms with Crippen LogP contribution in [-0.4, -0.2) is 34.8 Å².